The van der Waals surface area contributed by atoms with Crippen LogP contribution >= 0.6 is 0 Å². The molecule has 1 amide bonds. The van der Waals surface area contributed by atoms with E-state index in [-0.39, 0.29) is 18.2 Å². The van der Waals surface area contributed by atoms with Crippen molar-refractivity contribution >= 4 is 11.9 Å². The van der Waals surface area contributed by atoms with Gasteiger partial charge in [-0.25, -0.2) is 4.79 Å². The zero-order valence-electron chi connectivity index (χ0n) is 10.6. The van der Waals surface area contributed by atoms with Gasteiger partial charge in [-0.1, -0.05) is 26.2 Å². The Hall–Kier alpha value is -1.78. The molecule has 1 aromatic heterocycles. The maximum absolute atomic E-state index is 11.5. The minimum atomic E-state index is -1.10. The first kappa shape index (κ1) is 14.3. The number of hydrogen-bond donors (Lipinski definition) is 2. The summed E-state index contributed by atoms with van der Waals surface area (Å²) in [7, 11) is 0. The maximum atomic E-state index is 11.5. The number of carbonyl (C=O) groups is 2. The number of unbranched alkanes of at least 4 members (excludes halogenated alkanes) is 3. The van der Waals surface area contributed by atoms with E-state index >= 15 is 0 Å². The second kappa shape index (κ2) is 7.53. The molecule has 0 unspecified atom stereocenters. The highest BCUT2D eigenvalue weighted by Gasteiger charge is 2.09. The highest BCUT2D eigenvalue weighted by atomic mass is 16.4. The van der Waals surface area contributed by atoms with Crippen LogP contribution in [0.25, 0.3) is 0 Å². The molecule has 1 rings (SSSR count). The number of carboxylic acid groups (broad SMARTS) is 1. The summed E-state index contributed by atoms with van der Waals surface area (Å²) in [6.07, 6.45) is 4.75. The Morgan fingerprint density at radius 2 is 2.06 bits per heavy atom. The van der Waals surface area contributed by atoms with Crippen LogP contribution in [0.15, 0.2) is 16.5 Å². The summed E-state index contributed by atoms with van der Waals surface area (Å²) < 4.78 is 5.02. The molecule has 0 aromatic carbocycles. The standard InChI is InChI=1S/C13H19NO4/c1-2-3-4-5-6-12(15)14-9-10-7-8-11(18-10)13(16)17/h7-8H,2-6,9H2,1H3,(H,14,15)(H,16,17). The first-order valence-corrected chi connectivity index (χ1v) is 6.22. The van der Waals surface area contributed by atoms with Crippen LogP contribution in [0.5, 0.6) is 0 Å². The number of carboxylic acids is 1. The Morgan fingerprint density at radius 1 is 1.28 bits per heavy atom. The normalized spacial score (nSPS) is 10.3. The number of nitrogens with one attached hydrogen (secondary N) is 1. The minimum Gasteiger partial charge on any atom is -0.475 e. The Morgan fingerprint density at radius 3 is 2.67 bits per heavy atom. The Kier molecular flexibility index (Phi) is 5.97. The van der Waals surface area contributed by atoms with Gasteiger partial charge in [-0.05, 0) is 18.6 Å². The molecule has 0 aliphatic heterocycles. The molecular formula is C13H19NO4. The molecule has 0 spiro atoms. The lowest BCUT2D eigenvalue weighted by Crippen LogP contribution is -2.22. The first-order valence-electron chi connectivity index (χ1n) is 6.22. The van der Waals surface area contributed by atoms with E-state index in [2.05, 4.69) is 12.2 Å². The molecule has 5 nitrogen and oxygen atoms in total. The minimum absolute atomic E-state index is 0.0284. The highest BCUT2D eigenvalue weighted by Crippen LogP contribution is 2.08. The highest BCUT2D eigenvalue weighted by molar-refractivity contribution is 5.84. The quantitative estimate of drug-likeness (QED) is 0.698. The van der Waals surface area contributed by atoms with Crippen molar-refractivity contribution in [1.82, 2.24) is 5.32 Å². The molecule has 0 saturated carbocycles. The van der Waals surface area contributed by atoms with Gasteiger partial charge in [0.15, 0.2) is 0 Å². The Labute approximate surface area is 106 Å². The van der Waals surface area contributed by atoms with Gasteiger partial charge in [0.2, 0.25) is 11.7 Å². The zero-order chi connectivity index (χ0) is 13.4. The van der Waals surface area contributed by atoms with Gasteiger partial charge in [0.25, 0.3) is 0 Å². The number of aromatic carboxylic acids is 1. The fraction of sp³-hybridized carbons (Fsp3) is 0.538. The summed E-state index contributed by atoms with van der Waals surface area (Å²) in [4.78, 5) is 22.0. The van der Waals surface area contributed by atoms with E-state index in [1.54, 1.807) is 6.07 Å². The van der Waals surface area contributed by atoms with Crippen LogP contribution < -0.4 is 5.32 Å². The lowest BCUT2D eigenvalue weighted by atomic mass is 10.1. The monoisotopic (exact) mass is 253 g/mol. The maximum Gasteiger partial charge on any atom is 0.371 e. The van der Waals surface area contributed by atoms with Gasteiger partial charge in [-0.2, -0.15) is 0 Å². The summed E-state index contributed by atoms with van der Waals surface area (Å²) in [5.74, 6) is -0.789. The molecule has 0 fully saturated rings. The number of rotatable bonds is 8. The Balaban J connectivity index is 2.23. The summed E-state index contributed by atoms with van der Waals surface area (Å²) in [5.41, 5.74) is 0. The molecule has 0 aliphatic carbocycles. The third-order valence-corrected chi connectivity index (χ3v) is 2.59. The molecule has 0 aliphatic rings. The van der Waals surface area contributed by atoms with Gasteiger partial charge in [0, 0.05) is 6.42 Å². The van der Waals surface area contributed by atoms with Crippen LogP contribution in [0.3, 0.4) is 0 Å². The molecule has 5 heteroatoms. The van der Waals surface area contributed by atoms with Gasteiger partial charge in [0.05, 0.1) is 6.54 Å². The summed E-state index contributed by atoms with van der Waals surface area (Å²) in [6.45, 7) is 2.36. The third kappa shape index (κ3) is 5.03. The van der Waals surface area contributed by atoms with Crippen LogP contribution in [-0.4, -0.2) is 17.0 Å². The molecule has 0 radical (unpaired) electrons. The molecule has 2 N–H and O–H groups in total. The second-order valence-corrected chi connectivity index (χ2v) is 4.16. The van der Waals surface area contributed by atoms with Gasteiger partial charge >= 0.3 is 5.97 Å². The SMILES string of the molecule is CCCCCCC(=O)NCc1ccc(C(=O)O)o1. The molecule has 0 atom stereocenters. The number of hydrogen-bond acceptors (Lipinski definition) is 3. The molecule has 18 heavy (non-hydrogen) atoms. The van der Waals surface area contributed by atoms with Gasteiger partial charge in [-0.3, -0.25) is 4.79 Å². The molecule has 0 bridgehead atoms. The van der Waals surface area contributed by atoms with Crippen LogP contribution in [0.1, 0.15) is 55.3 Å². The predicted molar refractivity (Wildman–Crippen MR) is 66.3 cm³/mol. The van der Waals surface area contributed by atoms with Crippen LogP contribution in [0.4, 0.5) is 0 Å². The third-order valence-electron chi connectivity index (χ3n) is 2.59. The van der Waals surface area contributed by atoms with Crippen molar-refractivity contribution in [3.8, 4) is 0 Å². The smallest absolute Gasteiger partial charge is 0.371 e. The van der Waals surface area contributed by atoms with E-state index in [0.29, 0.717) is 12.2 Å². The van der Waals surface area contributed by atoms with Crippen LogP contribution in [-0.2, 0) is 11.3 Å². The largest absolute Gasteiger partial charge is 0.475 e. The summed E-state index contributed by atoms with van der Waals surface area (Å²) in [6, 6.07) is 2.94. The Bertz CT molecular complexity index is 397. The van der Waals surface area contributed by atoms with Crippen molar-refractivity contribution in [3.05, 3.63) is 23.7 Å². The number of amides is 1. The van der Waals surface area contributed by atoms with E-state index in [4.69, 9.17) is 9.52 Å². The van der Waals surface area contributed by atoms with E-state index in [0.717, 1.165) is 25.7 Å². The molecule has 0 saturated heterocycles. The van der Waals surface area contributed by atoms with Crippen molar-refractivity contribution in [2.24, 2.45) is 0 Å². The van der Waals surface area contributed by atoms with Gasteiger partial charge in [0.1, 0.15) is 5.76 Å². The van der Waals surface area contributed by atoms with E-state index in [1.165, 1.54) is 6.07 Å². The fourth-order valence-corrected chi connectivity index (χ4v) is 1.57. The second-order valence-electron chi connectivity index (χ2n) is 4.16. The molecular weight excluding hydrogens is 234 g/mol. The lowest BCUT2D eigenvalue weighted by Gasteiger charge is -2.02. The zero-order valence-corrected chi connectivity index (χ0v) is 10.6. The van der Waals surface area contributed by atoms with Crippen molar-refractivity contribution in [2.75, 3.05) is 0 Å². The van der Waals surface area contributed by atoms with Crippen molar-refractivity contribution in [1.29, 1.82) is 0 Å². The van der Waals surface area contributed by atoms with Gasteiger partial charge in [-0.15, -0.1) is 0 Å². The average Bonchev–Trinajstić information content (AvgIpc) is 2.81. The summed E-state index contributed by atoms with van der Waals surface area (Å²) in [5, 5.41) is 11.4. The lowest BCUT2D eigenvalue weighted by molar-refractivity contribution is -0.121. The van der Waals surface area contributed by atoms with E-state index in [1.807, 2.05) is 0 Å². The molecule has 100 valence electrons. The van der Waals surface area contributed by atoms with Crippen molar-refractivity contribution in [2.45, 2.75) is 45.6 Å². The van der Waals surface area contributed by atoms with E-state index < -0.39 is 5.97 Å². The fourth-order valence-electron chi connectivity index (χ4n) is 1.57. The van der Waals surface area contributed by atoms with Crippen LogP contribution in [0, 0.1) is 0 Å². The number of furan rings is 1. The van der Waals surface area contributed by atoms with Gasteiger partial charge < -0.3 is 14.8 Å². The van der Waals surface area contributed by atoms with Crippen molar-refractivity contribution in [3.63, 3.8) is 0 Å². The molecule has 1 heterocycles. The number of carbonyl (C=O) groups excluding carboxylic acids is 1. The summed E-state index contributed by atoms with van der Waals surface area (Å²) >= 11 is 0. The van der Waals surface area contributed by atoms with E-state index in [9.17, 15) is 9.59 Å². The predicted octanol–water partition coefficient (Wildman–Crippen LogP) is 2.56. The van der Waals surface area contributed by atoms with Crippen molar-refractivity contribution < 1.29 is 19.1 Å². The first-order chi connectivity index (χ1) is 8.63. The molecule has 1 aromatic rings. The average molecular weight is 253 g/mol. The topological polar surface area (TPSA) is 79.5 Å². The van der Waals surface area contributed by atoms with Crippen LogP contribution in [0.2, 0.25) is 0 Å².